The van der Waals surface area contributed by atoms with E-state index in [1.165, 1.54) is 0 Å². The molecule has 6 nitrogen and oxygen atoms in total. The van der Waals surface area contributed by atoms with Crippen LogP contribution in [0.3, 0.4) is 0 Å². The Kier molecular flexibility index (Phi) is 10.8. The molecule has 2 unspecified atom stereocenters. The Labute approximate surface area is 145 Å². The second-order valence-corrected chi connectivity index (χ2v) is 5.42. The van der Waals surface area contributed by atoms with Crippen LogP contribution in [-0.2, 0) is 9.53 Å². The molecule has 2 N–H and O–H groups in total. The van der Waals surface area contributed by atoms with Crippen molar-refractivity contribution in [3.8, 4) is 0 Å². The SMILES string of the molecule is CCC(C)NC(=NCC(=O)N(C)C)NCC1CCCO1.I. The number of hydrogen-bond acceptors (Lipinski definition) is 3. The molecule has 0 aliphatic carbocycles. The van der Waals surface area contributed by atoms with Crippen molar-refractivity contribution in [2.45, 2.75) is 45.3 Å². The summed E-state index contributed by atoms with van der Waals surface area (Å²) in [6.07, 6.45) is 3.46. The van der Waals surface area contributed by atoms with Crippen LogP contribution >= 0.6 is 24.0 Å². The van der Waals surface area contributed by atoms with E-state index in [1.807, 2.05) is 0 Å². The largest absolute Gasteiger partial charge is 0.376 e. The van der Waals surface area contributed by atoms with E-state index in [9.17, 15) is 4.79 Å². The number of nitrogens with zero attached hydrogens (tertiary/aromatic N) is 2. The van der Waals surface area contributed by atoms with Crippen molar-refractivity contribution in [2.24, 2.45) is 4.99 Å². The Balaban J connectivity index is 0.00000400. The molecule has 124 valence electrons. The van der Waals surface area contributed by atoms with Gasteiger partial charge in [-0.2, -0.15) is 0 Å². The first-order chi connectivity index (χ1) is 9.52. The van der Waals surface area contributed by atoms with Crippen molar-refractivity contribution in [2.75, 3.05) is 33.8 Å². The van der Waals surface area contributed by atoms with Crippen LogP contribution in [-0.4, -0.2) is 62.7 Å². The van der Waals surface area contributed by atoms with Gasteiger partial charge in [0.25, 0.3) is 0 Å². The fourth-order valence-corrected chi connectivity index (χ4v) is 1.79. The minimum atomic E-state index is -0.00707. The highest BCUT2D eigenvalue weighted by Crippen LogP contribution is 2.10. The topological polar surface area (TPSA) is 66.0 Å². The zero-order valence-electron chi connectivity index (χ0n) is 13.5. The summed E-state index contributed by atoms with van der Waals surface area (Å²) in [4.78, 5) is 17.5. The molecule has 0 bridgehead atoms. The van der Waals surface area contributed by atoms with Gasteiger partial charge >= 0.3 is 0 Å². The summed E-state index contributed by atoms with van der Waals surface area (Å²) in [5.41, 5.74) is 0. The maximum Gasteiger partial charge on any atom is 0.243 e. The van der Waals surface area contributed by atoms with Gasteiger partial charge < -0.3 is 20.3 Å². The number of rotatable bonds is 6. The van der Waals surface area contributed by atoms with Gasteiger partial charge in [0.1, 0.15) is 6.54 Å². The smallest absolute Gasteiger partial charge is 0.243 e. The van der Waals surface area contributed by atoms with Gasteiger partial charge in [0.2, 0.25) is 5.91 Å². The van der Waals surface area contributed by atoms with E-state index in [0.717, 1.165) is 32.4 Å². The number of amides is 1. The molecule has 7 heteroatoms. The Hall–Kier alpha value is -0.570. The summed E-state index contributed by atoms with van der Waals surface area (Å²) in [5.74, 6) is 0.678. The van der Waals surface area contributed by atoms with Gasteiger partial charge in [0.15, 0.2) is 5.96 Å². The minimum Gasteiger partial charge on any atom is -0.376 e. The lowest BCUT2D eigenvalue weighted by molar-refractivity contribution is -0.127. The lowest BCUT2D eigenvalue weighted by Gasteiger charge is -2.19. The first kappa shape index (κ1) is 20.4. The number of ether oxygens (including phenoxy) is 1. The summed E-state index contributed by atoms with van der Waals surface area (Å²) in [6.45, 7) is 5.94. The number of hydrogen-bond donors (Lipinski definition) is 2. The third-order valence-electron chi connectivity index (χ3n) is 3.39. The molecule has 0 radical (unpaired) electrons. The highest BCUT2D eigenvalue weighted by Gasteiger charge is 2.16. The molecule has 0 aromatic rings. The zero-order chi connectivity index (χ0) is 15.0. The molecule has 2 atom stereocenters. The molecule has 1 fully saturated rings. The fourth-order valence-electron chi connectivity index (χ4n) is 1.79. The van der Waals surface area contributed by atoms with E-state index >= 15 is 0 Å². The normalized spacial score (nSPS) is 19.6. The van der Waals surface area contributed by atoms with Crippen LogP contribution in [0.4, 0.5) is 0 Å². The Morgan fingerprint density at radius 3 is 2.71 bits per heavy atom. The zero-order valence-corrected chi connectivity index (χ0v) is 15.8. The van der Waals surface area contributed by atoms with Crippen LogP contribution in [0.5, 0.6) is 0 Å². The summed E-state index contributed by atoms with van der Waals surface area (Å²) in [5, 5.41) is 6.56. The Morgan fingerprint density at radius 2 is 2.19 bits per heavy atom. The molecular formula is C14H29IN4O2. The van der Waals surface area contributed by atoms with Gasteiger partial charge in [-0.1, -0.05) is 6.92 Å². The second-order valence-electron chi connectivity index (χ2n) is 5.42. The van der Waals surface area contributed by atoms with Crippen molar-refractivity contribution < 1.29 is 9.53 Å². The number of likely N-dealkylation sites (N-methyl/N-ethyl adjacent to an activating group) is 1. The first-order valence-corrected chi connectivity index (χ1v) is 7.39. The Bertz CT molecular complexity index is 331. The van der Waals surface area contributed by atoms with Crippen molar-refractivity contribution in [3.05, 3.63) is 0 Å². The maximum absolute atomic E-state index is 11.6. The molecule has 1 rings (SSSR count). The van der Waals surface area contributed by atoms with E-state index in [0.29, 0.717) is 12.0 Å². The van der Waals surface area contributed by atoms with E-state index in [2.05, 4.69) is 29.5 Å². The molecule has 1 aliphatic rings. The van der Waals surface area contributed by atoms with Crippen LogP contribution in [0, 0.1) is 0 Å². The fraction of sp³-hybridized carbons (Fsp3) is 0.857. The number of halogens is 1. The summed E-state index contributed by atoms with van der Waals surface area (Å²) in [6, 6.07) is 0.320. The number of carbonyl (C=O) groups excluding carboxylic acids is 1. The molecule has 0 aromatic carbocycles. The predicted octanol–water partition coefficient (Wildman–Crippen LogP) is 1.21. The van der Waals surface area contributed by atoms with Crippen LogP contribution in [0.1, 0.15) is 33.1 Å². The van der Waals surface area contributed by atoms with E-state index in [-0.39, 0.29) is 42.5 Å². The third-order valence-corrected chi connectivity index (χ3v) is 3.39. The average Bonchev–Trinajstić information content (AvgIpc) is 2.94. The van der Waals surface area contributed by atoms with Gasteiger partial charge in [0, 0.05) is 33.3 Å². The van der Waals surface area contributed by atoms with E-state index < -0.39 is 0 Å². The predicted molar refractivity (Wildman–Crippen MR) is 96.3 cm³/mol. The van der Waals surface area contributed by atoms with E-state index in [4.69, 9.17) is 4.74 Å². The number of nitrogens with one attached hydrogen (secondary N) is 2. The summed E-state index contributed by atoms with van der Waals surface area (Å²) in [7, 11) is 3.47. The number of guanidine groups is 1. The summed E-state index contributed by atoms with van der Waals surface area (Å²) >= 11 is 0. The highest BCUT2D eigenvalue weighted by atomic mass is 127. The molecule has 0 spiro atoms. The lowest BCUT2D eigenvalue weighted by atomic mass is 10.2. The molecule has 1 aliphatic heterocycles. The van der Waals surface area contributed by atoms with E-state index in [1.54, 1.807) is 19.0 Å². The first-order valence-electron chi connectivity index (χ1n) is 7.39. The molecule has 0 saturated carbocycles. The standard InChI is InChI=1S/C14H28N4O2.HI/c1-5-11(2)17-14(16-10-13(19)18(3)4)15-9-12-7-6-8-20-12;/h11-12H,5-10H2,1-4H3,(H2,15,16,17);1H. The molecule has 0 aromatic heterocycles. The maximum atomic E-state index is 11.6. The van der Waals surface area contributed by atoms with Gasteiger partial charge in [-0.3, -0.25) is 4.79 Å². The minimum absolute atomic E-state index is 0. The summed E-state index contributed by atoms with van der Waals surface area (Å²) < 4.78 is 5.58. The quantitative estimate of drug-likeness (QED) is 0.391. The van der Waals surface area contributed by atoms with Crippen molar-refractivity contribution in [1.29, 1.82) is 0 Å². The molecule has 1 amide bonds. The molecule has 21 heavy (non-hydrogen) atoms. The van der Waals surface area contributed by atoms with Gasteiger partial charge in [0.05, 0.1) is 6.10 Å². The molecule has 1 saturated heterocycles. The lowest BCUT2D eigenvalue weighted by Crippen LogP contribution is -2.45. The van der Waals surface area contributed by atoms with Gasteiger partial charge in [-0.25, -0.2) is 4.99 Å². The third kappa shape index (κ3) is 8.45. The average molecular weight is 412 g/mol. The van der Waals surface area contributed by atoms with Crippen LogP contribution < -0.4 is 10.6 Å². The van der Waals surface area contributed by atoms with Crippen molar-refractivity contribution >= 4 is 35.8 Å². The Morgan fingerprint density at radius 1 is 1.48 bits per heavy atom. The van der Waals surface area contributed by atoms with Gasteiger partial charge in [-0.15, -0.1) is 24.0 Å². The van der Waals surface area contributed by atoms with Crippen molar-refractivity contribution in [3.63, 3.8) is 0 Å². The van der Waals surface area contributed by atoms with Crippen molar-refractivity contribution in [1.82, 2.24) is 15.5 Å². The van der Waals surface area contributed by atoms with Gasteiger partial charge in [-0.05, 0) is 26.2 Å². The highest BCUT2D eigenvalue weighted by molar-refractivity contribution is 14.0. The van der Waals surface area contributed by atoms with Crippen LogP contribution in [0.25, 0.3) is 0 Å². The second kappa shape index (κ2) is 11.1. The number of aliphatic imine (C=N–C) groups is 1. The molecular weight excluding hydrogens is 383 g/mol. The molecule has 1 heterocycles. The van der Waals surface area contributed by atoms with Crippen LogP contribution in [0.2, 0.25) is 0 Å². The number of carbonyl (C=O) groups is 1. The monoisotopic (exact) mass is 412 g/mol. The van der Waals surface area contributed by atoms with Crippen LogP contribution in [0.15, 0.2) is 4.99 Å².